The van der Waals surface area contributed by atoms with Crippen LogP contribution in [0.5, 0.6) is 0 Å². The van der Waals surface area contributed by atoms with Gasteiger partial charge in [0.1, 0.15) is 17.5 Å². The van der Waals surface area contributed by atoms with Gasteiger partial charge in [0, 0.05) is 25.1 Å². The summed E-state index contributed by atoms with van der Waals surface area (Å²) >= 11 is 0. The first-order valence-corrected chi connectivity index (χ1v) is 6.09. The van der Waals surface area contributed by atoms with Crippen molar-refractivity contribution in [2.75, 3.05) is 17.7 Å². The van der Waals surface area contributed by atoms with Gasteiger partial charge in [-0.05, 0) is 25.2 Å². The Bertz CT molecular complexity index is 400. The van der Waals surface area contributed by atoms with Crippen LogP contribution in [0.25, 0.3) is 0 Å². The van der Waals surface area contributed by atoms with E-state index in [4.69, 9.17) is 0 Å². The lowest BCUT2D eigenvalue weighted by Gasteiger charge is -2.08. The topological polar surface area (TPSA) is 49.8 Å². The summed E-state index contributed by atoms with van der Waals surface area (Å²) in [6.07, 6.45) is 3.75. The van der Waals surface area contributed by atoms with Crippen LogP contribution in [0.15, 0.2) is 6.07 Å². The molecule has 2 fully saturated rings. The Morgan fingerprint density at radius 2 is 1.94 bits per heavy atom. The first-order valence-electron chi connectivity index (χ1n) is 6.09. The molecule has 2 saturated carbocycles. The van der Waals surface area contributed by atoms with Crippen LogP contribution in [0.3, 0.4) is 0 Å². The summed E-state index contributed by atoms with van der Waals surface area (Å²) < 4.78 is 0. The second kappa shape index (κ2) is 3.61. The lowest BCUT2D eigenvalue weighted by Crippen LogP contribution is -2.08. The maximum atomic E-state index is 4.60. The molecule has 0 radical (unpaired) electrons. The lowest BCUT2D eigenvalue weighted by atomic mass is 10.3. The molecule has 0 amide bonds. The molecule has 1 heterocycles. The number of rotatable bonds is 4. The minimum absolute atomic E-state index is 0.602. The predicted octanol–water partition coefficient (Wildman–Crippen LogP) is 2.22. The van der Waals surface area contributed by atoms with E-state index in [0.29, 0.717) is 12.0 Å². The Balaban J connectivity index is 1.81. The summed E-state index contributed by atoms with van der Waals surface area (Å²) in [5.74, 6) is 4.30. The molecule has 0 saturated heterocycles. The summed E-state index contributed by atoms with van der Waals surface area (Å²) in [6, 6.07) is 2.61. The summed E-state index contributed by atoms with van der Waals surface area (Å²) in [5, 5.41) is 6.58. The third kappa shape index (κ3) is 1.96. The molecule has 1 aromatic rings. The molecule has 1 aromatic heterocycles. The predicted molar refractivity (Wildman–Crippen MR) is 64.7 cm³/mol. The van der Waals surface area contributed by atoms with E-state index in [1.807, 2.05) is 13.1 Å². The van der Waals surface area contributed by atoms with Gasteiger partial charge in [-0.15, -0.1) is 0 Å². The Labute approximate surface area is 95.9 Å². The van der Waals surface area contributed by atoms with E-state index >= 15 is 0 Å². The van der Waals surface area contributed by atoms with Crippen molar-refractivity contribution in [1.29, 1.82) is 0 Å². The zero-order chi connectivity index (χ0) is 11.1. The summed E-state index contributed by atoms with van der Waals surface area (Å²) in [4.78, 5) is 9.09. The van der Waals surface area contributed by atoms with E-state index in [9.17, 15) is 0 Å². The molecule has 0 aliphatic heterocycles. The standard InChI is InChI=1S/C12H18N4/c1-7-5-9(7)14-11-6-10(13-2)15-12(16-11)8-3-4-8/h6-9H,3-5H2,1-2H3,(H2,13,14,15,16). The average Bonchev–Trinajstić information content (AvgIpc) is 3.16. The fraction of sp³-hybridized carbons (Fsp3) is 0.667. The fourth-order valence-corrected chi connectivity index (χ4v) is 1.91. The smallest absolute Gasteiger partial charge is 0.136 e. The Morgan fingerprint density at radius 1 is 1.25 bits per heavy atom. The van der Waals surface area contributed by atoms with Crippen LogP contribution >= 0.6 is 0 Å². The highest BCUT2D eigenvalue weighted by Gasteiger charge is 2.33. The van der Waals surface area contributed by atoms with E-state index in [1.54, 1.807) is 0 Å². The van der Waals surface area contributed by atoms with Crippen LogP contribution < -0.4 is 10.6 Å². The summed E-state index contributed by atoms with van der Waals surface area (Å²) in [6.45, 7) is 2.26. The highest BCUT2D eigenvalue weighted by molar-refractivity contribution is 5.49. The van der Waals surface area contributed by atoms with Crippen LogP contribution in [-0.2, 0) is 0 Å². The van der Waals surface area contributed by atoms with Crippen LogP contribution in [-0.4, -0.2) is 23.1 Å². The van der Waals surface area contributed by atoms with Gasteiger partial charge in [0.15, 0.2) is 0 Å². The number of hydrogen-bond acceptors (Lipinski definition) is 4. The van der Waals surface area contributed by atoms with Gasteiger partial charge in [-0.1, -0.05) is 6.92 Å². The van der Waals surface area contributed by atoms with Crippen LogP contribution in [0, 0.1) is 5.92 Å². The van der Waals surface area contributed by atoms with Crippen LogP contribution in [0.4, 0.5) is 11.6 Å². The molecule has 16 heavy (non-hydrogen) atoms. The van der Waals surface area contributed by atoms with Gasteiger partial charge in [0.2, 0.25) is 0 Å². The van der Waals surface area contributed by atoms with Crippen molar-refractivity contribution in [2.24, 2.45) is 5.92 Å². The van der Waals surface area contributed by atoms with Crippen LogP contribution in [0.1, 0.15) is 37.9 Å². The normalized spacial score (nSPS) is 27.6. The molecular formula is C12H18N4. The molecule has 4 heteroatoms. The van der Waals surface area contributed by atoms with E-state index in [2.05, 4.69) is 27.5 Å². The van der Waals surface area contributed by atoms with Gasteiger partial charge in [-0.25, -0.2) is 9.97 Å². The minimum Gasteiger partial charge on any atom is -0.373 e. The largest absolute Gasteiger partial charge is 0.373 e. The highest BCUT2D eigenvalue weighted by Crippen LogP contribution is 2.39. The van der Waals surface area contributed by atoms with Crippen molar-refractivity contribution in [2.45, 2.75) is 38.1 Å². The Hall–Kier alpha value is -1.32. The van der Waals surface area contributed by atoms with Crippen molar-refractivity contribution in [3.05, 3.63) is 11.9 Å². The number of hydrogen-bond donors (Lipinski definition) is 2. The zero-order valence-corrected chi connectivity index (χ0v) is 9.83. The molecule has 2 atom stereocenters. The third-order valence-electron chi connectivity index (χ3n) is 3.38. The van der Waals surface area contributed by atoms with Crippen molar-refractivity contribution in [3.8, 4) is 0 Å². The van der Waals surface area contributed by atoms with Gasteiger partial charge < -0.3 is 10.6 Å². The molecule has 86 valence electrons. The van der Waals surface area contributed by atoms with Gasteiger partial charge in [0.05, 0.1) is 0 Å². The van der Waals surface area contributed by atoms with E-state index in [-0.39, 0.29) is 0 Å². The molecule has 0 bridgehead atoms. The first-order chi connectivity index (χ1) is 7.76. The van der Waals surface area contributed by atoms with Crippen LogP contribution in [0.2, 0.25) is 0 Å². The van der Waals surface area contributed by atoms with E-state index in [1.165, 1.54) is 19.3 Å². The molecule has 3 rings (SSSR count). The Morgan fingerprint density at radius 3 is 2.50 bits per heavy atom. The summed E-state index contributed by atoms with van der Waals surface area (Å²) in [7, 11) is 1.91. The second-order valence-electron chi connectivity index (χ2n) is 4.98. The number of anilines is 2. The quantitative estimate of drug-likeness (QED) is 0.813. The fourth-order valence-electron chi connectivity index (χ4n) is 1.91. The maximum absolute atomic E-state index is 4.60. The number of nitrogens with one attached hydrogen (secondary N) is 2. The van der Waals surface area contributed by atoms with E-state index < -0.39 is 0 Å². The zero-order valence-electron chi connectivity index (χ0n) is 9.83. The van der Waals surface area contributed by atoms with Gasteiger partial charge >= 0.3 is 0 Å². The van der Waals surface area contributed by atoms with Crippen molar-refractivity contribution >= 4 is 11.6 Å². The molecule has 2 aliphatic carbocycles. The number of aromatic nitrogens is 2. The maximum Gasteiger partial charge on any atom is 0.136 e. The van der Waals surface area contributed by atoms with Crippen molar-refractivity contribution in [1.82, 2.24) is 9.97 Å². The molecule has 2 aliphatic rings. The molecule has 2 unspecified atom stereocenters. The SMILES string of the molecule is CNc1cc(NC2CC2C)nc(C2CC2)n1. The molecule has 0 spiro atoms. The monoisotopic (exact) mass is 218 g/mol. The molecule has 4 nitrogen and oxygen atoms in total. The van der Waals surface area contributed by atoms with Crippen molar-refractivity contribution in [3.63, 3.8) is 0 Å². The minimum atomic E-state index is 0.602. The summed E-state index contributed by atoms with van der Waals surface area (Å²) in [5.41, 5.74) is 0. The van der Waals surface area contributed by atoms with Gasteiger partial charge in [-0.3, -0.25) is 0 Å². The highest BCUT2D eigenvalue weighted by atomic mass is 15.1. The number of nitrogens with zero attached hydrogens (tertiary/aromatic N) is 2. The van der Waals surface area contributed by atoms with Crippen molar-refractivity contribution < 1.29 is 0 Å². The van der Waals surface area contributed by atoms with Gasteiger partial charge in [-0.2, -0.15) is 0 Å². The average molecular weight is 218 g/mol. The molecule has 0 aromatic carbocycles. The van der Waals surface area contributed by atoms with Gasteiger partial charge in [0.25, 0.3) is 0 Å². The van der Waals surface area contributed by atoms with E-state index in [0.717, 1.165) is 23.4 Å². The Kier molecular flexibility index (Phi) is 2.23. The third-order valence-corrected chi connectivity index (χ3v) is 3.38. The lowest BCUT2D eigenvalue weighted by molar-refractivity contribution is 0.896. The second-order valence-corrected chi connectivity index (χ2v) is 4.98. The molecular weight excluding hydrogens is 200 g/mol. The first kappa shape index (κ1) is 9.87. The molecule has 2 N–H and O–H groups in total.